The molecule has 0 saturated carbocycles. The monoisotopic (exact) mass is 387 g/mol. The van der Waals surface area contributed by atoms with Gasteiger partial charge in [-0.15, -0.1) is 11.3 Å². The van der Waals surface area contributed by atoms with E-state index < -0.39 is 0 Å². The highest BCUT2D eigenvalue weighted by atomic mass is 32.2. The van der Waals surface area contributed by atoms with Gasteiger partial charge in [-0.05, 0) is 30.2 Å². The average Bonchev–Trinajstić information content (AvgIpc) is 3.19. The Morgan fingerprint density at radius 3 is 2.80 bits per heavy atom. The first-order valence-electron chi connectivity index (χ1n) is 7.35. The van der Waals surface area contributed by atoms with Gasteiger partial charge < -0.3 is 4.74 Å². The van der Waals surface area contributed by atoms with Crippen molar-refractivity contribution in [2.45, 2.75) is 6.42 Å². The molecule has 1 amide bonds. The van der Waals surface area contributed by atoms with Crippen molar-refractivity contribution < 1.29 is 9.53 Å². The minimum Gasteiger partial charge on any atom is -0.497 e. The summed E-state index contributed by atoms with van der Waals surface area (Å²) in [4.78, 5) is 19.5. The molecule has 0 aliphatic carbocycles. The van der Waals surface area contributed by atoms with Crippen molar-refractivity contribution in [1.82, 2.24) is 9.88 Å². The number of hydrogen-bond acceptors (Lipinski definition) is 7. The van der Waals surface area contributed by atoms with Gasteiger partial charge in [0, 0.05) is 17.6 Å². The molecule has 126 valence electrons. The molecule has 5 nitrogen and oxygen atoms in total. The third-order valence-corrected chi connectivity index (χ3v) is 5.78. The molecule has 1 fully saturated rings. The third-order valence-electron chi connectivity index (χ3n) is 3.55. The van der Waals surface area contributed by atoms with Crippen molar-refractivity contribution in [2.75, 3.05) is 13.7 Å². The number of benzene rings is 1. The van der Waals surface area contributed by atoms with Crippen LogP contribution >= 0.6 is 35.3 Å². The normalized spacial score (nSPS) is 15.7. The SMILES string of the molecule is COc1ccc(CCN2C(=O)/C(=C/c3cnc(C#N)s3)SC2=S)cc1. The van der Waals surface area contributed by atoms with E-state index in [0.717, 1.165) is 16.2 Å². The van der Waals surface area contributed by atoms with Crippen molar-refractivity contribution in [2.24, 2.45) is 0 Å². The van der Waals surface area contributed by atoms with Crippen LogP contribution in [0.15, 0.2) is 35.4 Å². The van der Waals surface area contributed by atoms with Crippen LogP contribution in [0.3, 0.4) is 0 Å². The van der Waals surface area contributed by atoms with Crippen molar-refractivity contribution in [3.05, 3.63) is 50.8 Å². The van der Waals surface area contributed by atoms with E-state index >= 15 is 0 Å². The van der Waals surface area contributed by atoms with Gasteiger partial charge in [-0.25, -0.2) is 4.98 Å². The van der Waals surface area contributed by atoms with Gasteiger partial charge >= 0.3 is 0 Å². The molecule has 0 atom stereocenters. The first-order chi connectivity index (χ1) is 12.1. The zero-order valence-corrected chi connectivity index (χ0v) is 15.7. The van der Waals surface area contributed by atoms with E-state index in [0.29, 0.717) is 27.2 Å². The molecular weight excluding hydrogens is 374 g/mol. The van der Waals surface area contributed by atoms with E-state index in [1.165, 1.54) is 23.1 Å². The minimum atomic E-state index is -0.101. The van der Waals surface area contributed by atoms with Crippen LogP contribution in [-0.2, 0) is 11.2 Å². The smallest absolute Gasteiger partial charge is 0.266 e. The van der Waals surface area contributed by atoms with E-state index in [-0.39, 0.29) is 5.91 Å². The summed E-state index contributed by atoms with van der Waals surface area (Å²) < 4.78 is 5.69. The molecule has 0 radical (unpaired) electrons. The molecule has 1 aliphatic heterocycles. The summed E-state index contributed by atoms with van der Waals surface area (Å²) in [5, 5.41) is 9.20. The second kappa shape index (κ2) is 7.78. The molecule has 0 bridgehead atoms. The Kier molecular flexibility index (Phi) is 5.48. The van der Waals surface area contributed by atoms with E-state index in [4.69, 9.17) is 22.2 Å². The first-order valence-corrected chi connectivity index (χ1v) is 9.39. The van der Waals surface area contributed by atoms with Crippen LogP contribution in [0.5, 0.6) is 5.75 Å². The fourth-order valence-electron chi connectivity index (χ4n) is 2.26. The lowest BCUT2D eigenvalue weighted by atomic mass is 10.1. The summed E-state index contributed by atoms with van der Waals surface area (Å²) in [6.45, 7) is 0.528. The third kappa shape index (κ3) is 4.07. The summed E-state index contributed by atoms with van der Waals surface area (Å²) >= 11 is 7.87. The Morgan fingerprint density at radius 1 is 1.40 bits per heavy atom. The lowest BCUT2D eigenvalue weighted by Crippen LogP contribution is -2.30. The molecule has 1 aromatic heterocycles. The van der Waals surface area contributed by atoms with Gasteiger partial charge in [-0.2, -0.15) is 5.26 Å². The number of thioether (sulfide) groups is 1. The number of aromatic nitrogens is 1. The van der Waals surface area contributed by atoms with Crippen LogP contribution < -0.4 is 4.74 Å². The highest BCUT2D eigenvalue weighted by Crippen LogP contribution is 2.33. The summed E-state index contributed by atoms with van der Waals surface area (Å²) in [5.74, 6) is 0.703. The highest BCUT2D eigenvalue weighted by molar-refractivity contribution is 8.26. The van der Waals surface area contributed by atoms with Crippen molar-refractivity contribution in [3.8, 4) is 11.8 Å². The molecule has 2 aromatic rings. The Labute approximate surface area is 158 Å². The van der Waals surface area contributed by atoms with Gasteiger partial charge in [0.25, 0.3) is 5.91 Å². The van der Waals surface area contributed by atoms with Crippen molar-refractivity contribution in [1.29, 1.82) is 5.26 Å². The van der Waals surface area contributed by atoms with Gasteiger partial charge in [0.1, 0.15) is 16.1 Å². The predicted octanol–water partition coefficient (Wildman–Crippen LogP) is 3.47. The summed E-state index contributed by atoms with van der Waals surface area (Å²) in [7, 11) is 1.63. The molecule has 2 heterocycles. The standard InChI is InChI=1S/C17H13N3O2S3/c1-22-12-4-2-11(3-5-12)6-7-20-16(21)14(25-17(20)23)8-13-10-19-15(9-18)24-13/h2-5,8,10H,6-7H2,1H3/b14-8-. The second-order valence-corrected chi connectivity index (χ2v) is 7.85. The number of thiazole rings is 1. The lowest BCUT2D eigenvalue weighted by molar-refractivity contribution is -0.122. The molecular formula is C17H13N3O2S3. The number of carbonyl (C=O) groups is 1. The van der Waals surface area contributed by atoms with Gasteiger partial charge in [0.15, 0.2) is 5.01 Å². The van der Waals surface area contributed by atoms with Gasteiger partial charge in [0.2, 0.25) is 0 Å². The number of carbonyl (C=O) groups excluding carboxylic acids is 1. The number of rotatable bonds is 5. The highest BCUT2D eigenvalue weighted by Gasteiger charge is 2.31. The van der Waals surface area contributed by atoms with Crippen LogP contribution in [0.1, 0.15) is 15.4 Å². The molecule has 0 unspecified atom stereocenters. The number of thiocarbonyl (C=S) groups is 1. The largest absolute Gasteiger partial charge is 0.497 e. The number of hydrogen-bond donors (Lipinski definition) is 0. The molecule has 8 heteroatoms. The van der Waals surface area contributed by atoms with Crippen LogP contribution in [0.4, 0.5) is 0 Å². The predicted molar refractivity (Wildman–Crippen MR) is 103 cm³/mol. The number of methoxy groups -OCH3 is 1. The molecule has 1 aromatic carbocycles. The molecule has 1 saturated heterocycles. The topological polar surface area (TPSA) is 66.2 Å². The van der Waals surface area contributed by atoms with Crippen LogP contribution in [0.25, 0.3) is 6.08 Å². The van der Waals surface area contributed by atoms with E-state index in [1.54, 1.807) is 24.3 Å². The number of ether oxygens (including phenoxy) is 1. The fraction of sp³-hybridized carbons (Fsp3) is 0.176. The summed E-state index contributed by atoms with van der Waals surface area (Å²) in [6.07, 6.45) is 4.04. The van der Waals surface area contributed by atoms with Crippen LogP contribution in [-0.4, -0.2) is 33.8 Å². The van der Waals surface area contributed by atoms with Crippen LogP contribution in [0, 0.1) is 11.3 Å². The van der Waals surface area contributed by atoms with Gasteiger partial charge in [-0.3, -0.25) is 9.69 Å². The van der Waals surface area contributed by atoms with E-state index in [2.05, 4.69) is 4.98 Å². The molecule has 3 rings (SSSR count). The summed E-state index contributed by atoms with van der Waals surface area (Å²) in [6, 6.07) is 9.75. The Hall–Kier alpha value is -2.21. The first kappa shape index (κ1) is 17.6. The molecule has 0 spiro atoms. The van der Waals surface area contributed by atoms with Gasteiger partial charge in [-0.1, -0.05) is 36.1 Å². The Morgan fingerprint density at radius 2 is 2.16 bits per heavy atom. The van der Waals surface area contributed by atoms with E-state index in [9.17, 15) is 4.79 Å². The Balaban J connectivity index is 1.67. The number of nitriles is 1. The number of amides is 1. The number of nitrogens with zero attached hydrogens (tertiary/aromatic N) is 3. The Bertz CT molecular complexity index is 881. The lowest BCUT2D eigenvalue weighted by Gasteiger charge is -2.14. The zero-order valence-electron chi connectivity index (χ0n) is 13.3. The van der Waals surface area contributed by atoms with E-state index in [1.807, 2.05) is 30.3 Å². The quantitative estimate of drug-likeness (QED) is 0.578. The molecule has 25 heavy (non-hydrogen) atoms. The van der Waals surface area contributed by atoms with Gasteiger partial charge in [0.05, 0.1) is 12.0 Å². The fourth-order valence-corrected chi connectivity index (χ4v) is 4.29. The molecule has 0 N–H and O–H groups in total. The van der Waals surface area contributed by atoms with Crippen molar-refractivity contribution in [3.63, 3.8) is 0 Å². The summed E-state index contributed by atoms with van der Waals surface area (Å²) in [5.41, 5.74) is 1.11. The second-order valence-electron chi connectivity index (χ2n) is 5.11. The maximum absolute atomic E-state index is 12.6. The maximum Gasteiger partial charge on any atom is 0.266 e. The van der Waals surface area contributed by atoms with Crippen LogP contribution in [0.2, 0.25) is 0 Å². The zero-order chi connectivity index (χ0) is 17.8. The minimum absolute atomic E-state index is 0.101. The molecule has 1 aliphatic rings. The average molecular weight is 388 g/mol. The van der Waals surface area contributed by atoms with Crippen molar-refractivity contribution >= 4 is 51.6 Å². The maximum atomic E-state index is 12.6.